The van der Waals surface area contributed by atoms with E-state index in [4.69, 9.17) is 4.74 Å². The van der Waals surface area contributed by atoms with Crippen LogP contribution < -0.4 is 10.1 Å². The molecule has 3 aromatic heterocycles. The van der Waals surface area contributed by atoms with Crippen LogP contribution in [0.2, 0.25) is 0 Å². The molecule has 3 aromatic rings. The highest BCUT2D eigenvalue weighted by Gasteiger charge is 2.09. The van der Waals surface area contributed by atoms with Gasteiger partial charge in [-0.3, -0.25) is 10.1 Å². The Hall–Kier alpha value is -2.63. The molecule has 6 heteroatoms. The van der Waals surface area contributed by atoms with Crippen LogP contribution in [-0.2, 0) is 6.54 Å². The van der Waals surface area contributed by atoms with E-state index in [1.54, 1.807) is 19.5 Å². The van der Waals surface area contributed by atoms with Crippen molar-refractivity contribution < 1.29 is 4.74 Å². The van der Waals surface area contributed by atoms with Crippen molar-refractivity contribution in [3.8, 4) is 5.88 Å². The first-order chi connectivity index (χ1) is 9.79. The topological polar surface area (TPSA) is 75.7 Å². The molecule has 0 saturated carbocycles. The van der Waals surface area contributed by atoms with Crippen LogP contribution in [0.1, 0.15) is 11.3 Å². The van der Waals surface area contributed by atoms with E-state index in [2.05, 4.69) is 25.5 Å². The SMILES string of the molecule is COc1ncccc1CNc1ccnc2c(C)[nH]nc12. The van der Waals surface area contributed by atoms with Crippen molar-refractivity contribution in [2.45, 2.75) is 13.5 Å². The van der Waals surface area contributed by atoms with Crippen LogP contribution in [0.25, 0.3) is 11.0 Å². The van der Waals surface area contributed by atoms with Crippen LogP contribution in [-0.4, -0.2) is 27.3 Å². The van der Waals surface area contributed by atoms with Gasteiger partial charge in [-0.2, -0.15) is 5.10 Å². The number of rotatable bonds is 4. The standard InChI is InChI=1S/C14H15N5O/c1-9-12-13(19-18-9)11(5-7-15-12)17-8-10-4-3-6-16-14(10)20-2/h3-7H,8H2,1-2H3,(H,15,17)(H,18,19). The maximum absolute atomic E-state index is 5.24. The molecule has 6 nitrogen and oxygen atoms in total. The quantitative estimate of drug-likeness (QED) is 0.760. The molecule has 0 aromatic carbocycles. The fourth-order valence-electron chi connectivity index (χ4n) is 2.11. The average molecular weight is 269 g/mol. The molecule has 0 aliphatic rings. The molecule has 0 amide bonds. The van der Waals surface area contributed by atoms with E-state index < -0.39 is 0 Å². The third kappa shape index (κ3) is 2.16. The molecule has 2 N–H and O–H groups in total. The number of hydrogen-bond acceptors (Lipinski definition) is 5. The van der Waals surface area contributed by atoms with Crippen LogP contribution in [0.4, 0.5) is 5.69 Å². The molecule has 3 rings (SSSR count). The summed E-state index contributed by atoms with van der Waals surface area (Å²) in [5.41, 5.74) is 4.61. The summed E-state index contributed by atoms with van der Waals surface area (Å²) in [6.07, 6.45) is 3.48. The highest BCUT2D eigenvalue weighted by molar-refractivity contribution is 5.88. The lowest BCUT2D eigenvalue weighted by molar-refractivity contribution is 0.393. The van der Waals surface area contributed by atoms with Crippen molar-refractivity contribution in [2.75, 3.05) is 12.4 Å². The molecule has 0 fully saturated rings. The summed E-state index contributed by atoms with van der Waals surface area (Å²) >= 11 is 0. The van der Waals surface area contributed by atoms with Crippen LogP contribution in [0.15, 0.2) is 30.6 Å². The van der Waals surface area contributed by atoms with E-state index in [1.807, 2.05) is 25.1 Å². The minimum atomic E-state index is 0.613. The molecule has 0 bridgehead atoms. The lowest BCUT2D eigenvalue weighted by Gasteiger charge is -2.09. The van der Waals surface area contributed by atoms with E-state index in [0.717, 1.165) is 28.0 Å². The minimum absolute atomic E-state index is 0.613. The minimum Gasteiger partial charge on any atom is -0.481 e. The van der Waals surface area contributed by atoms with Gasteiger partial charge in [-0.05, 0) is 19.1 Å². The monoisotopic (exact) mass is 269 g/mol. The highest BCUT2D eigenvalue weighted by Crippen LogP contribution is 2.22. The van der Waals surface area contributed by atoms with E-state index >= 15 is 0 Å². The number of pyridine rings is 2. The molecule has 102 valence electrons. The fraction of sp³-hybridized carbons (Fsp3) is 0.214. The Labute approximate surface area is 116 Å². The first kappa shape index (κ1) is 12.4. The largest absolute Gasteiger partial charge is 0.481 e. The number of ether oxygens (including phenoxy) is 1. The maximum atomic E-state index is 5.24. The second-order valence-corrected chi connectivity index (χ2v) is 4.43. The molecule has 0 aliphatic carbocycles. The van der Waals surface area contributed by atoms with E-state index in [0.29, 0.717) is 12.4 Å². The molecule has 0 atom stereocenters. The number of hydrogen-bond donors (Lipinski definition) is 2. The molecule has 3 heterocycles. The van der Waals surface area contributed by atoms with Crippen molar-refractivity contribution >= 4 is 16.7 Å². The van der Waals surface area contributed by atoms with Gasteiger partial charge in [0.25, 0.3) is 0 Å². The van der Waals surface area contributed by atoms with Crippen LogP contribution in [0.5, 0.6) is 5.88 Å². The number of nitrogens with one attached hydrogen (secondary N) is 2. The van der Waals surface area contributed by atoms with Crippen molar-refractivity contribution in [2.24, 2.45) is 0 Å². The number of anilines is 1. The molecule has 0 saturated heterocycles. The average Bonchev–Trinajstić information content (AvgIpc) is 2.88. The summed E-state index contributed by atoms with van der Waals surface area (Å²) in [5, 5.41) is 10.6. The van der Waals surface area contributed by atoms with Crippen molar-refractivity contribution in [3.63, 3.8) is 0 Å². The zero-order valence-corrected chi connectivity index (χ0v) is 11.3. The normalized spacial score (nSPS) is 10.7. The molecular formula is C14H15N5O. The van der Waals surface area contributed by atoms with Gasteiger partial charge in [-0.25, -0.2) is 4.98 Å². The Morgan fingerprint density at radius 1 is 1.20 bits per heavy atom. The zero-order valence-electron chi connectivity index (χ0n) is 11.3. The van der Waals surface area contributed by atoms with Crippen molar-refractivity contribution in [1.29, 1.82) is 0 Å². The van der Waals surface area contributed by atoms with Crippen LogP contribution in [0, 0.1) is 6.92 Å². The van der Waals surface area contributed by atoms with Gasteiger partial charge in [-0.1, -0.05) is 6.07 Å². The molecule has 0 aliphatic heterocycles. The third-order valence-corrected chi connectivity index (χ3v) is 3.13. The number of fused-ring (bicyclic) bond motifs is 1. The molecule has 0 radical (unpaired) electrons. The number of aromatic nitrogens is 4. The van der Waals surface area contributed by atoms with Gasteiger partial charge in [0, 0.05) is 24.5 Å². The van der Waals surface area contributed by atoms with Crippen LogP contribution in [0.3, 0.4) is 0 Å². The van der Waals surface area contributed by atoms with Crippen molar-refractivity contribution in [3.05, 3.63) is 41.9 Å². The lowest BCUT2D eigenvalue weighted by atomic mass is 10.2. The Balaban J connectivity index is 1.87. The van der Waals surface area contributed by atoms with E-state index in [9.17, 15) is 0 Å². The second-order valence-electron chi connectivity index (χ2n) is 4.43. The first-order valence-corrected chi connectivity index (χ1v) is 6.31. The Morgan fingerprint density at radius 3 is 2.95 bits per heavy atom. The summed E-state index contributed by atoms with van der Waals surface area (Å²) < 4.78 is 5.24. The summed E-state index contributed by atoms with van der Waals surface area (Å²) in [6.45, 7) is 2.57. The maximum Gasteiger partial charge on any atom is 0.218 e. The Morgan fingerprint density at radius 2 is 2.10 bits per heavy atom. The predicted molar refractivity (Wildman–Crippen MR) is 76.7 cm³/mol. The van der Waals surface area contributed by atoms with Gasteiger partial charge >= 0.3 is 0 Å². The smallest absolute Gasteiger partial charge is 0.218 e. The number of aromatic amines is 1. The summed E-state index contributed by atoms with van der Waals surface area (Å²) in [5.74, 6) is 0.628. The van der Waals surface area contributed by atoms with Crippen molar-refractivity contribution in [1.82, 2.24) is 20.2 Å². The molecule has 0 unspecified atom stereocenters. The Kier molecular flexibility index (Phi) is 3.20. The molecule has 20 heavy (non-hydrogen) atoms. The van der Waals surface area contributed by atoms with E-state index in [-0.39, 0.29) is 0 Å². The van der Waals surface area contributed by atoms with Gasteiger partial charge in [0.15, 0.2) is 0 Å². The number of methoxy groups -OCH3 is 1. The summed E-state index contributed by atoms with van der Waals surface area (Å²) in [7, 11) is 1.62. The van der Waals surface area contributed by atoms with Gasteiger partial charge in [-0.15, -0.1) is 0 Å². The predicted octanol–water partition coefficient (Wildman–Crippen LogP) is 2.28. The molecule has 0 spiro atoms. The number of nitrogens with zero attached hydrogens (tertiary/aromatic N) is 3. The van der Waals surface area contributed by atoms with Gasteiger partial charge in [0.05, 0.1) is 18.5 Å². The fourth-order valence-corrected chi connectivity index (χ4v) is 2.11. The summed E-state index contributed by atoms with van der Waals surface area (Å²) in [6, 6.07) is 5.78. The summed E-state index contributed by atoms with van der Waals surface area (Å²) in [4.78, 5) is 8.50. The van der Waals surface area contributed by atoms with Crippen LogP contribution >= 0.6 is 0 Å². The number of H-pyrrole nitrogens is 1. The van der Waals surface area contributed by atoms with Gasteiger partial charge in [0.2, 0.25) is 5.88 Å². The van der Waals surface area contributed by atoms with Gasteiger partial charge in [0.1, 0.15) is 11.0 Å². The van der Waals surface area contributed by atoms with Gasteiger partial charge < -0.3 is 10.1 Å². The Bertz CT molecular complexity index is 737. The zero-order chi connectivity index (χ0) is 13.9. The number of aryl methyl sites for hydroxylation is 1. The molecular weight excluding hydrogens is 254 g/mol. The highest BCUT2D eigenvalue weighted by atomic mass is 16.5. The lowest BCUT2D eigenvalue weighted by Crippen LogP contribution is -2.03. The third-order valence-electron chi connectivity index (χ3n) is 3.13. The van der Waals surface area contributed by atoms with E-state index in [1.165, 1.54) is 0 Å². The second kappa shape index (κ2) is 5.16. The first-order valence-electron chi connectivity index (χ1n) is 6.31.